The molecule has 138 valence electrons. The van der Waals surface area contributed by atoms with Crippen molar-refractivity contribution >= 4 is 21.9 Å². The topological polar surface area (TPSA) is 149 Å². The largest absolute Gasteiger partial charge is 0.472 e. The minimum Gasteiger partial charge on any atom is -0.388 e. The van der Waals surface area contributed by atoms with Gasteiger partial charge in [0.2, 0.25) is 0 Å². The van der Waals surface area contributed by atoms with Gasteiger partial charge in [-0.2, -0.15) is 0 Å². The van der Waals surface area contributed by atoms with Crippen LogP contribution in [-0.2, 0) is 32.0 Å². The summed E-state index contributed by atoms with van der Waals surface area (Å²) in [6, 6.07) is 0. The monoisotopic (exact) mass is 378 g/mol. The van der Waals surface area contributed by atoms with Crippen molar-refractivity contribution in [1.82, 2.24) is 0 Å². The van der Waals surface area contributed by atoms with Gasteiger partial charge in [0.15, 0.2) is 0 Å². The molecule has 0 spiro atoms. The van der Waals surface area contributed by atoms with Gasteiger partial charge in [0.05, 0.1) is 18.8 Å². The molecule has 0 aromatic rings. The molecule has 0 radical (unpaired) electrons. The van der Waals surface area contributed by atoms with E-state index in [1.165, 1.54) is 27.7 Å². The first-order valence-corrected chi connectivity index (χ1v) is 9.84. The molecular formula is C11H24O10P2. The summed E-state index contributed by atoms with van der Waals surface area (Å²) in [6.07, 6.45) is -4.41. The molecule has 12 heteroatoms. The fourth-order valence-corrected chi connectivity index (χ4v) is 3.49. The lowest BCUT2D eigenvalue weighted by molar-refractivity contribution is -0.111. The van der Waals surface area contributed by atoms with Crippen LogP contribution in [0.3, 0.4) is 0 Å². The van der Waals surface area contributed by atoms with Gasteiger partial charge in [-0.25, -0.2) is 9.13 Å². The van der Waals surface area contributed by atoms with Crippen molar-refractivity contribution in [3.05, 3.63) is 0 Å². The Kier molecular flexibility index (Phi) is 9.92. The molecule has 4 atom stereocenters. The molecule has 0 aliphatic carbocycles. The predicted octanol–water partition coefficient (Wildman–Crippen LogP) is 1.39. The van der Waals surface area contributed by atoms with Crippen LogP contribution in [0.1, 0.15) is 34.1 Å². The number of hydrogen-bond donors (Lipinski definition) is 3. The second kappa shape index (κ2) is 9.98. The highest BCUT2D eigenvalue weighted by Gasteiger charge is 2.33. The third-order valence-corrected chi connectivity index (χ3v) is 4.51. The van der Waals surface area contributed by atoms with Crippen LogP contribution in [0.25, 0.3) is 0 Å². The van der Waals surface area contributed by atoms with Gasteiger partial charge in [-0.05, 0) is 27.7 Å². The van der Waals surface area contributed by atoms with Gasteiger partial charge < -0.3 is 19.7 Å². The number of hydrogen-bond acceptors (Lipinski definition) is 8. The Hall–Kier alpha value is -0.150. The third-order valence-electron chi connectivity index (χ3n) is 2.12. The van der Waals surface area contributed by atoms with Crippen molar-refractivity contribution in [2.45, 2.75) is 58.5 Å². The van der Waals surface area contributed by atoms with Gasteiger partial charge in [-0.15, -0.1) is 0 Å². The summed E-state index contributed by atoms with van der Waals surface area (Å²) < 4.78 is 41.7. The molecule has 0 aromatic carbocycles. The second-order valence-electron chi connectivity index (χ2n) is 5.15. The van der Waals surface area contributed by atoms with Crippen LogP contribution in [0.4, 0.5) is 0 Å². The number of phosphoric ester groups is 2. The van der Waals surface area contributed by atoms with Crippen LogP contribution in [0.2, 0.25) is 0 Å². The van der Waals surface area contributed by atoms with Gasteiger partial charge >= 0.3 is 15.6 Å². The van der Waals surface area contributed by atoms with Gasteiger partial charge in [0.25, 0.3) is 0 Å². The number of aldehydes is 1. The average Bonchev–Trinajstić information content (AvgIpc) is 2.32. The van der Waals surface area contributed by atoms with Crippen molar-refractivity contribution in [2.75, 3.05) is 6.61 Å². The molecule has 0 bridgehead atoms. The summed E-state index contributed by atoms with van der Waals surface area (Å²) in [7, 11) is -8.91. The van der Waals surface area contributed by atoms with Gasteiger partial charge in [0.1, 0.15) is 18.5 Å². The van der Waals surface area contributed by atoms with Crippen LogP contribution in [-0.4, -0.2) is 52.2 Å². The summed E-state index contributed by atoms with van der Waals surface area (Å²) in [5, 5.41) is 9.85. The molecule has 0 rings (SSSR count). The van der Waals surface area contributed by atoms with E-state index in [1.807, 2.05) is 0 Å². The molecule has 0 aliphatic heterocycles. The summed E-state index contributed by atoms with van der Waals surface area (Å²) >= 11 is 0. The Labute approximate surface area is 134 Å². The maximum atomic E-state index is 11.7. The number of aliphatic hydroxyl groups excluding tert-OH is 1. The van der Waals surface area contributed by atoms with E-state index in [-0.39, 0.29) is 0 Å². The molecular weight excluding hydrogens is 354 g/mol. The molecule has 23 heavy (non-hydrogen) atoms. The Morgan fingerprint density at radius 3 is 1.87 bits per heavy atom. The number of carbonyl (C=O) groups is 1. The van der Waals surface area contributed by atoms with Gasteiger partial charge in [-0.1, -0.05) is 0 Å². The fourth-order valence-electron chi connectivity index (χ4n) is 1.40. The van der Waals surface area contributed by atoms with Crippen LogP contribution in [0.5, 0.6) is 0 Å². The molecule has 2 unspecified atom stereocenters. The van der Waals surface area contributed by atoms with E-state index in [1.54, 1.807) is 0 Å². The lowest BCUT2D eigenvalue weighted by atomic mass is 10.2. The molecule has 0 heterocycles. The number of aliphatic hydroxyl groups is 1. The van der Waals surface area contributed by atoms with Gasteiger partial charge in [-0.3, -0.25) is 18.1 Å². The fraction of sp³-hybridized carbons (Fsp3) is 0.909. The third kappa shape index (κ3) is 11.1. The van der Waals surface area contributed by atoms with Crippen LogP contribution >= 0.6 is 15.6 Å². The van der Waals surface area contributed by atoms with Crippen molar-refractivity contribution < 1.29 is 46.9 Å². The van der Waals surface area contributed by atoms with Crippen molar-refractivity contribution in [2.24, 2.45) is 0 Å². The Morgan fingerprint density at radius 1 is 0.957 bits per heavy atom. The zero-order valence-corrected chi connectivity index (χ0v) is 15.2. The van der Waals surface area contributed by atoms with Crippen LogP contribution in [0, 0.1) is 0 Å². The second-order valence-corrected chi connectivity index (χ2v) is 7.92. The average molecular weight is 378 g/mol. The first kappa shape index (κ1) is 22.9. The molecule has 0 saturated carbocycles. The number of carbonyl (C=O) groups excluding carboxylic acids is 1. The van der Waals surface area contributed by atoms with Crippen molar-refractivity contribution in [1.29, 1.82) is 0 Å². The van der Waals surface area contributed by atoms with Crippen molar-refractivity contribution in [3.63, 3.8) is 0 Å². The lowest BCUT2D eigenvalue weighted by Gasteiger charge is -2.25. The number of phosphoric acid groups is 2. The van der Waals surface area contributed by atoms with E-state index in [9.17, 15) is 28.8 Å². The number of rotatable bonds is 12. The Balaban J connectivity index is 4.74. The summed E-state index contributed by atoms with van der Waals surface area (Å²) in [5.74, 6) is 0. The maximum absolute atomic E-state index is 11.7. The Bertz CT molecular complexity index is 452. The zero-order valence-electron chi connectivity index (χ0n) is 13.4. The molecule has 0 aromatic heterocycles. The molecule has 10 nitrogen and oxygen atoms in total. The highest BCUT2D eigenvalue weighted by atomic mass is 31.2. The van der Waals surface area contributed by atoms with E-state index in [0.29, 0.717) is 6.29 Å². The van der Waals surface area contributed by atoms with Gasteiger partial charge in [0, 0.05) is 6.42 Å². The standard InChI is InChI=1S/C11H24O10P2/c1-8(2)19-22(14,15)18-7-10(13)11(5-6-12)21-23(16,17)20-9(3)4/h6,8-11,13H,5,7H2,1-4H3,(H,14,15)(H,16,17)/t10-,11-/m1/s1. The Morgan fingerprint density at radius 2 is 1.43 bits per heavy atom. The first-order chi connectivity index (χ1) is 10.4. The first-order valence-electron chi connectivity index (χ1n) is 6.85. The van der Waals surface area contributed by atoms with Crippen molar-refractivity contribution in [3.8, 4) is 0 Å². The summed E-state index contributed by atoms with van der Waals surface area (Å²) in [4.78, 5) is 29.5. The van der Waals surface area contributed by atoms with E-state index in [4.69, 9.17) is 4.52 Å². The van der Waals surface area contributed by atoms with Crippen LogP contribution < -0.4 is 0 Å². The molecule has 0 saturated heterocycles. The smallest absolute Gasteiger partial charge is 0.388 e. The minimum absolute atomic E-state index is 0.354. The predicted molar refractivity (Wildman–Crippen MR) is 79.6 cm³/mol. The molecule has 0 fully saturated rings. The van der Waals surface area contributed by atoms with E-state index in [0.717, 1.165) is 0 Å². The zero-order chi connectivity index (χ0) is 18.3. The highest BCUT2D eigenvalue weighted by molar-refractivity contribution is 7.47. The molecule has 0 amide bonds. The van der Waals surface area contributed by atoms with Crippen LogP contribution in [0.15, 0.2) is 0 Å². The van der Waals surface area contributed by atoms with E-state index < -0.39 is 53.1 Å². The minimum atomic E-state index is -4.51. The SMILES string of the molecule is CC(C)OP(=O)(O)OC[C@@H](O)[C@@H](CC=O)OP(=O)(O)OC(C)C. The summed E-state index contributed by atoms with van der Waals surface area (Å²) in [5.41, 5.74) is 0. The van der Waals surface area contributed by atoms with E-state index >= 15 is 0 Å². The summed E-state index contributed by atoms with van der Waals surface area (Å²) in [6.45, 7) is 5.25. The van der Waals surface area contributed by atoms with E-state index in [2.05, 4.69) is 13.6 Å². The quantitative estimate of drug-likeness (QED) is 0.336. The normalized spacial score (nSPS) is 20.0. The molecule has 0 aliphatic rings. The highest BCUT2D eigenvalue weighted by Crippen LogP contribution is 2.47. The molecule has 3 N–H and O–H groups in total. The lowest BCUT2D eigenvalue weighted by Crippen LogP contribution is -2.33. The maximum Gasteiger partial charge on any atom is 0.472 e.